The largest absolute Gasteiger partial charge is 0.383 e. The Hall–Kier alpha value is -0.210. The fraction of sp³-hybridized carbons (Fsp3) is 1.00. The molecule has 0 aromatic heterocycles. The number of methoxy groups -OCH3 is 1. The number of ether oxygens (including phenoxy) is 1. The van der Waals surface area contributed by atoms with Crippen LogP contribution in [0.2, 0.25) is 0 Å². The lowest BCUT2D eigenvalue weighted by Crippen LogP contribution is -2.45. The van der Waals surface area contributed by atoms with E-state index < -0.39 is 10.2 Å². The van der Waals surface area contributed by atoms with Gasteiger partial charge in [0.15, 0.2) is 0 Å². The van der Waals surface area contributed by atoms with Gasteiger partial charge >= 0.3 is 0 Å². The van der Waals surface area contributed by atoms with Crippen molar-refractivity contribution in [2.75, 3.05) is 33.9 Å². The summed E-state index contributed by atoms with van der Waals surface area (Å²) in [5, 5.41) is 0. The van der Waals surface area contributed by atoms with Crippen LogP contribution in [0.15, 0.2) is 0 Å². The summed E-state index contributed by atoms with van der Waals surface area (Å²) in [5.74, 6) is 0.493. The van der Waals surface area contributed by atoms with Gasteiger partial charge in [-0.1, -0.05) is 0 Å². The first-order valence-electron chi connectivity index (χ1n) is 5.43. The van der Waals surface area contributed by atoms with Crippen molar-refractivity contribution in [1.29, 1.82) is 0 Å². The summed E-state index contributed by atoms with van der Waals surface area (Å²) >= 11 is 0. The highest BCUT2D eigenvalue weighted by molar-refractivity contribution is 7.87. The van der Waals surface area contributed by atoms with Gasteiger partial charge in [-0.3, -0.25) is 0 Å². The Bertz CT molecular complexity index is 303. The SMILES string of the molecule is COCCN(C)S(=O)(=O)NCC(N)C1CC1. The molecule has 1 atom stereocenters. The van der Waals surface area contributed by atoms with Gasteiger partial charge < -0.3 is 10.5 Å². The second-order valence-electron chi connectivity index (χ2n) is 4.17. The predicted molar refractivity (Wildman–Crippen MR) is 62.1 cm³/mol. The van der Waals surface area contributed by atoms with E-state index in [1.807, 2.05) is 0 Å². The summed E-state index contributed by atoms with van der Waals surface area (Å²) in [6.07, 6.45) is 2.23. The van der Waals surface area contributed by atoms with Crippen LogP contribution in [0.3, 0.4) is 0 Å². The first kappa shape index (κ1) is 13.9. The Balaban J connectivity index is 2.31. The molecule has 1 rings (SSSR count). The Labute approximate surface area is 97.3 Å². The molecule has 7 heteroatoms. The Morgan fingerprint density at radius 1 is 1.56 bits per heavy atom. The number of hydrogen-bond acceptors (Lipinski definition) is 4. The summed E-state index contributed by atoms with van der Waals surface area (Å²) in [6, 6.07) is -0.0643. The molecular formula is C9H21N3O3S. The van der Waals surface area contributed by atoms with Gasteiger partial charge in [-0.15, -0.1) is 0 Å². The number of nitrogens with two attached hydrogens (primary N) is 1. The minimum atomic E-state index is -3.41. The zero-order valence-corrected chi connectivity index (χ0v) is 10.7. The summed E-state index contributed by atoms with van der Waals surface area (Å²) in [4.78, 5) is 0. The van der Waals surface area contributed by atoms with Crippen LogP contribution >= 0.6 is 0 Å². The average Bonchev–Trinajstić information content (AvgIpc) is 3.06. The second kappa shape index (κ2) is 5.92. The topological polar surface area (TPSA) is 84.7 Å². The maximum absolute atomic E-state index is 11.7. The van der Waals surface area contributed by atoms with Gasteiger partial charge in [0.25, 0.3) is 10.2 Å². The molecule has 1 aliphatic rings. The fourth-order valence-corrected chi connectivity index (χ4v) is 2.28. The monoisotopic (exact) mass is 251 g/mol. The normalized spacial score (nSPS) is 19.0. The van der Waals surface area contributed by atoms with Crippen LogP contribution in [0.4, 0.5) is 0 Å². The molecule has 1 unspecified atom stereocenters. The molecule has 0 bridgehead atoms. The van der Waals surface area contributed by atoms with E-state index in [0.29, 0.717) is 25.6 Å². The molecule has 16 heavy (non-hydrogen) atoms. The molecule has 96 valence electrons. The summed E-state index contributed by atoms with van der Waals surface area (Å²) < 4.78 is 31.9. The van der Waals surface area contributed by atoms with Crippen molar-refractivity contribution in [3.8, 4) is 0 Å². The minimum Gasteiger partial charge on any atom is -0.383 e. The molecule has 1 fully saturated rings. The van der Waals surface area contributed by atoms with Gasteiger partial charge in [0, 0.05) is 33.3 Å². The van der Waals surface area contributed by atoms with Crippen LogP contribution in [0, 0.1) is 5.92 Å². The van der Waals surface area contributed by atoms with Crippen molar-refractivity contribution in [1.82, 2.24) is 9.03 Å². The molecule has 3 N–H and O–H groups in total. The van der Waals surface area contributed by atoms with E-state index in [2.05, 4.69) is 4.72 Å². The van der Waals surface area contributed by atoms with E-state index in [1.165, 1.54) is 18.5 Å². The maximum Gasteiger partial charge on any atom is 0.279 e. The highest BCUT2D eigenvalue weighted by Gasteiger charge is 2.29. The molecule has 1 aliphatic carbocycles. The average molecular weight is 251 g/mol. The van der Waals surface area contributed by atoms with E-state index >= 15 is 0 Å². The second-order valence-corrected chi connectivity index (χ2v) is 6.03. The van der Waals surface area contributed by atoms with Crippen molar-refractivity contribution in [3.05, 3.63) is 0 Å². The molecule has 0 spiro atoms. The van der Waals surface area contributed by atoms with Crippen LogP contribution in [-0.2, 0) is 14.9 Å². The Morgan fingerprint density at radius 2 is 2.19 bits per heavy atom. The van der Waals surface area contributed by atoms with Crippen molar-refractivity contribution in [3.63, 3.8) is 0 Å². The molecule has 0 aromatic carbocycles. The third-order valence-corrected chi connectivity index (χ3v) is 4.28. The van der Waals surface area contributed by atoms with Crippen molar-refractivity contribution in [2.45, 2.75) is 18.9 Å². The lowest BCUT2D eigenvalue weighted by molar-refractivity contribution is 0.184. The molecule has 0 radical (unpaired) electrons. The Kier molecular flexibility index (Phi) is 5.13. The van der Waals surface area contributed by atoms with E-state index in [1.54, 1.807) is 0 Å². The number of rotatable bonds is 8. The van der Waals surface area contributed by atoms with Crippen LogP contribution in [0.5, 0.6) is 0 Å². The molecular weight excluding hydrogens is 230 g/mol. The van der Waals surface area contributed by atoms with Crippen LogP contribution in [0.1, 0.15) is 12.8 Å². The summed E-state index contributed by atoms with van der Waals surface area (Å²) in [7, 11) is -0.354. The number of nitrogens with one attached hydrogen (secondary N) is 1. The van der Waals surface area contributed by atoms with Crippen molar-refractivity contribution in [2.24, 2.45) is 11.7 Å². The van der Waals surface area contributed by atoms with Gasteiger partial charge in [0.05, 0.1) is 6.61 Å². The molecule has 6 nitrogen and oxygen atoms in total. The smallest absolute Gasteiger partial charge is 0.279 e. The third-order valence-electron chi connectivity index (χ3n) is 2.75. The first-order valence-corrected chi connectivity index (χ1v) is 6.87. The van der Waals surface area contributed by atoms with Gasteiger partial charge in [-0.2, -0.15) is 12.7 Å². The molecule has 0 saturated heterocycles. The highest BCUT2D eigenvalue weighted by Crippen LogP contribution is 2.31. The fourth-order valence-electron chi connectivity index (χ4n) is 1.34. The number of likely N-dealkylation sites (N-methyl/N-ethyl adjacent to an activating group) is 1. The molecule has 1 saturated carbocycles. The minimum absolute atomic E-state index is 0.0643. The highest BCUT2D eigenvalue weighted by atomic mass is 32.2. The van der Waals surface area contributed by atoms with Gasteiger partial charge in [-0.05, 0) is 18.8 Å². The zero-order chi connectivity index (χ0) is 12.2. The van der Waals surface area contributed by atoms with Crippen LogP contribution < -0.4 is 10.5 Å². The Morgan fingerprint density at radius 3 is 2.69 bits per heavy atom. The van der Waals surface area contributed by atoms with Gasteiger partial charge in [0.1, 0.15) is 0 Å². The van der Waals surface area contributed by atoms with Gasteiger partial charge in [-0.25, -0.2) is 4.72 Å². The summed E-state index contributed by atoms with van der Waals surface area (Å²) in [5.41, 5.74) is 5.82. The van der Waals surface area contributed by atoms with E-state index in [9.17, 15) is 8.42 Å². The molecule has 0 aliphatic heterocycles. The van der Waals surface area contributed by atoms with E-state index in [-0.39, 0.29) is 6.04 Å². The van der Waals surface area contributed by atoms with E-state index in [0.717, 1.165) is 12.8 Å². The lowest BCUT2D eigenvalue weighted by Gasteiger charge is -2.19. The van der Waals surface area contributed by atoms with Crippen molar-refractivity contribution >= 4 is 10.2 Å². The third kappa shape index (κ3) is 4.34. The van der Waals surface area contributed by atoms with E-state index in [4.69, 9.17) is 10.5 Å². The molecule has 0 heterocycles. The maximum atomic E-state index is 11.7. The molecule has 0 aromatic rings. The first-order chi connectivity index (χ1) is 7.47. The predicted octanol–water partition coefficient (Wildman–Crippen LogP) is -0.864. The standard InChI is InChI=1S/C9H21N3O3S/c1-12(5-6-15-2)16(13,14)11-7-9(10)8-3-4-8/h8-9,11H,3-7,10H2,1-2H3. The van der Waals surface area contributed by atoms with Crippen LogP contribution in [0.25, 0.3) is 0 Å². The quantitative estimate of drug-likeness (QED) is 0.588. The zero-order valence-electron chi connectivity index (χ0n) is 9.85. The van der Waals surface area contributed by atoms with Gasteiger partial charge in [0.2, 0.25) is 0 Å². The van der Waals surface area contributed by atoms with Crippen LogP contribution in [-0.4, -0.2) is 52.6 Å². The van der Waals surface area contributed by atoms with Crippen molar-refractivity contribution < 1.29 is 13.2 Å². The number of hydrogen-bond donors (Lipinski definition) is 2. The lowest BCUT2D eigenvalue weighted by atomic mass is 10.2. The number of nitrogens with zero attached hydrogens (tertiary/aromatic N) is 1. The summed E-state index contributed by atoms with van der Waals surface area (Å²) in [6.45, 7) is 1.03. The molecule has 0 amide bonds.